The summed E-state index contributed by atoms with van der Waals surface area (Å²) in [5.41, 5.74) is 2.30. The van der Waals surface area contributed by atoms with Gasteiger partial charge in [0.2, 0.25) is 0 Å². The summed E-state index contributed by atoms with van der Waals surface area (Å²) < 4.78 is 43.3. The Labute approximate surface area is 129 Å². The zero-order chi connectivity index (χ0) is 16.0. The van der Waals surface area contributed by atoms with Gasteiger partial charge in [0.05, 0.1) is 28.5 Å². The largest absolute Gasteiger partial charge is 0.416 e. The van der Waals surface area contributed by atoms with Crippen LogP contribution < -0.4 is 0 Å². The number of rotatable bonds is 2. The molecule has 2 atom stereocenters. The highest BCUT2D eigenvalue weighted by molar-refractivity contribution is 5.73. The van der Waals surface area contributed by atoms with Crippen LogP contribution >= 0.6 is 0 Å². The third kappa shape index (κ3) is 2.66. The van der Waals surface area contributed by atoms with E-state index in [0.29, 0.717) is 11.3 Å². The Morgan fingerprint density at radius 3 is 2.26 bits per heavy atom. The van der Waals surface area contributed by atoms with Gasteiger partial charge in [0.1, 0.15) is 12.2 Å². The Hall–Kier alpha value is -2.47. The number of benzene rings is 2. The highest BCUT2D eigenvalue weighted by atomic mass is 19.4. The minimum absolute atomic E-state index is 0.260. The molecule has 1 saturated heterocycles. The van der Waals surface area contributed by atoms with E-state index >= 15 is 0 Å². The number of ether oxygens (including phenoxy) is 1. The van der Waals surface area contributed by atoms with Gasteiger partial charge in [-0.2, -0.15) is 13.2 Å². The highest BCUT2D eigenvalue weighted by Crippen LogP contribution is 2.50. The molecule has 6 heteroatoms. The highest BCUT2D eigenvalue weighted by Gasteiger charge is 2.43. The van der Waals surface area contributed by atoms with Crippen molar-refractivity contribution in [1.29, 1.82) is 0 Å². The number of para-hydroxylation sites is 2. The van der Waals surface area contributed by atoms with Gasteiger partial charge in [0.25, 0.3) is 0 Å². The molecule has 1 aromatic heterocycles. The maximum Gasteiger partial charge on any atom is 0.416 e. The van der Waals surface area contributed by atoms with Crippen LogP contribution in [0.1, 0.15) is 29.0 Å². The van der Waals surface area contributed by atoms with E-state index in [2.05, 4.69) is 9.97 Å². The van der Waals surface area contributed by atoms with Crippen molar-refractivity contribution in [2.75, 3.05) is 0 Å². The van der Waals surface area contributed by atoms with Gasteiger partial charge in [-0.3, -0.25) is 4.98 Å². The van der Waals surface area contributed by atoms with E-state index in [-0.39, 0.29) is 12.2 Å². The molecule has 0 aliphatic carbocycles. The molecule has 1 aliphatic rings. The summed E-state index contributed by atoms with van der Waals surface area (Å²) in [6.45, 7) is 0. The third-order valence-corrected chi connectivity index (χ3v) is 3.82. The van der Waals surface area contributed by atoms with E-state index in [4.69, 9.17) is 4.74 Å². The monoisotopic (exact) mass is 316 g/mol. The number of halogens is 3. The lowest BCUT2D eigenvalue weighted by atomic mass is 10.1. The minimum atomic E-state index is -4.33. The number of alkyl halides is 3. The molecule has 0 N–H and O–H groups in total. The Morgan fingerprint density at radius 2 is 1.57 bits per heavy atom. The molecule has 116 valence electrons. The van der Waals surface area contributed by atoms with Gasteiger partial charge in [0.15, 0.2) is 0 Å². The zero-order valence-corrected chi connectivity index (χ0v) is 11.8. The minimum Gasteiger partial charge on any atom is -0.358 e. The van der Waals surface area contributed by atoms with Gasteiger partial charge in [-0.15, -0.1) is 0 Å². The van der Waals surface area contributed by atoms with Crippen LogP contribution in [0.2, 0.25) is 0 Å². The molecular weight excluding hydrogens is 305 g/mol. The summed E-state index contributed by atoms with van der Waals surface area (Å²) in [5.74, 6) is 0. The van der Waals surface area contributed by atoms with Crippen LogP contribution in [-0.2, 0) is 10.9 Å². The van der Waals surface area contributed by atoms with Crippen LogP contribution in [0.25, 0.3) is 11.0 Å². The van der Waals surface area contributed by atoms with Crippen LogP contribution in [0.4, 0.5) is 13.2 Å². The van der Waals surface area contributed by atoms with Gasteiger partial charge < -0.3 is 4.74 Å². The maximum atomic E-state index is 12.6. The quantitative estimate of drug-likeness (QED) is 0.655. The summed E-state index contributed by atoms with van der Waals surface area (Å²) in [5, 5.41) is 0. The van der Waals surface area contributed by atoms with E-state index in [1.165, 1.54) is 12.1 Å². The molecular formula is C17H11F3N2O. The summed E-state index contributed by atoms with van der Waals surface area (Å²) in [4.78, 5) is 8.83. The first-order valence-corrected chi connectivity index (χ1v) is 7.07. The van der Waals surface area contributed by atoms with Gasteiger partial charge in [-0.1, -0.05) is 24.3 Å². The number of fused-ring (bicyclic) bond motifs is 1. The number of hydrogen-bond acceptors (Lipinski definition) is 3. The van der Waals surface area contributed by atoms with E-state index in [9.17, 15) is 13.2 Å². The lowest BCUT2D eigenvalue weighted by Crippen LogP contribution is -2.04. The number of hydrogen-bond donors (Lipinski definition) is 0. The second-order valence-corrected chi connectivity index (χ2v) is 5.38. The van der Waals surface area contributed by atoms with Gasteiger partial charge in [-0.25, -0.2) is 4.98 Å². The average Bonchev–Trinajstić information content (AvgIpc) is 3.34. The van der Waals surface area contributed by atoms with Gasteiger partial charge in [0, 0.05) is 0 Å². The predicted octanol–water partition coefficient (Wildman–Crippen LogP) is 4.46. The van der Waals surface area contributed by atoms with Crippen molar-refractivity contribution < 1.29 is 17.9 Å². The van der Waals surface area contributed by atoms with Crippen LogP contribution in [-0.4, -0.2) is 9.97 Å². The van der Waals surface area contributed by atoms with Crippen molar-refractivity contribution in [3.8, 4) is 0 Å². The Kier molecular flexibility index (Phi) is 3.09. The van der Waals surface area contributed by atoms with Crippen LogP contribution in [0.3, 0.4) is 0 Å². The molecule has 0 bridgehead atoms. The molecule has 2 heterocycles. The topological polar surface area (TPSA) is 38.3 Å². The molecule has 23 heavy (non-hydrogen) atoms. The molecule has 1 fully saturated rings. The third-order valence-electron chi connectivity index (χ3n) is 3.82. The fraction of sp³-hybridized carbons (Fsp3) is 0.176. The smallest absolute Gasteiger partial charge is 0.358 e. The Bertz CT molecular complexity index is 862. The van der Waals surface area contributed by atoms with Crippen molar-refractivity contribution in [3.63, 3.8) is 0 Å². The number of nitrogens with zero attached hydrogens (tertiary/aromatic N) is 2. The van der Waals surface area contributed by atoms with Crippen molar-refractivity contribution >= 4 is 11.0 Å². The number of epoxide rings is 1. The Morgan fingerprint density at radius 1 is 0.870 bits per heavy atom. The summed E-state index contributed by atoms with van der Waals surface area (Å²) >= 11 is 0. The SMILES string of the molecule is FC(F)(F)c1ccc([C@@H]2O[C@@H]2c2cnc3ccccc3n2)cc1. The van der Waals surface area contributed by atoms with Crippen LogP contribution in [0.5, 0.6) is 0 Å². The standard InChI is InChI=1S/C17H11F3N2O/c18-17(19,20)11-7-5-10(6-8-11)15-16(23-15)14-9-21-12-3-1-2-4-13(12)22-14/h1-9,15-16H/t15-,16+/m0/s1. The van der Waals surface area contributed by atoms with Crippen molar-refractivity contribution in [1.82, 2.24) is 9.97 Å². The van der Waals surface area contributed by atoms with E-state index in [1.54, 1.807) is 6.20 Å². The van der Waals surface area contributed by atoms with E-state index in [1.807, 2.05) is 24.3 Å². The van der Waals surface area contributed by atoms with Gasteiger partial charge in [-0.05, 0) is 29.8 Å². The van der Waals surface area contributed by atoms with E-state index in [0.717, 1.165) is 23.2 Å². The van der Waals surface area contributed by atoms with Crippen LogP contribution in [0, 0.1) is 0 Å². The molecule has 0 spiro atoms. The molecule has 2 aromatic carbocycles. The first-order valence-electron chi connectivity index (χ1n) is 7.07. The van der Waals surface area contributed by atoms with Crippen molar-refractivity contribution in [3.05, 3.63) is 71.5 Å². The first-order chi connectivity index (χ1) is 11.0. The predicted molar refractivity (Wildman–Crippen MR) is 77.5 cm³/mol. The first kappa shape index (κ1) is 14.1. The molecule has 0 saturated carbocycles. The van der Waals surface area contributed by atoms with Gasteiger partial charge >= 0.3 is 6.18 Å². The average molecular weight is 316 g/mol. The summed E-state index contributed by atoms with van der Waals surface area (Å²) in [6, 6.07) is 12.5. The molecule has 0 radical (unpaired) electrons. The van der Waals surface area contributed by atoms with Crippen molar-refractivity contribution in [2.24, 2.45) is 0 Å². The molecule has 3 aromatic rings. The van der Waals surface area contributed by atoms with Crippen LogP contribution in [0.15, 0.2) is 54.7 Å². The molecule has 1 aliphatic heterocycles. The van der Waals surface area contributed by atoms with E-state index < -0.39 is 11.7 Å². The second-order valence-electron chi connectivity index (χ2n) is 5.38. The molecule has 4 rings (SSSR count). The second kappa shape index (κ2) is 5.03. The Balaban J connectivity index is 1.57. The summed E-state index contributed by atoms with van der Waals surface area (Å²) in [6.07, 6.45) is -3.21. The maximum absolute atomic E-state index is 12.6. The molecule has 0 unspecified atom stereocenters. The molecule has 3 nitrogen and oxygen atoms in total. The lowest BCUT2D eigenvalue weighted by molar-refractivity contribution is -0.137. The zero-order valence-electron chi connectivity index (χ0n) is 11.8. The lowest BCUT2D eigenvalue weighted by Gasteiger charge is -2.06. The fourth-order valence-electron chi connectivity index (χ4n) is 2.56. The fourth-order valence-corrected chi connectivity index (χ4v) is 2.56. The van der Waals surface area contributed by atoms with Crippen molar-refractivity contribution in [2.45, 2.75) is 18.4 Å². The summed E-state index contributed by atoms with van der Waals surface area (Å²) in [7, 11) is 0. The normalized spacial score (nSPS) is 20.7. The molecule has 0 amide bonds. The number of aromatic nitrogens is 2.